The van der Waals surface area contributed by atoms with Crippen LogP contribution in [0.5, 0.6) is 11.6 Å². The minimum Gasteiger partial charge on any atom is -0.496 e. The maximum absolute atomic E-state index is 12.6. The molecule has 0 bridgehead atoms. The molecular formula is C23H24N4O4. The first kappa shape index (κ1) is 20.7. The van der Waals surface area contributed by atoms with Crippen LogP contribution in [0.1, 0.15) is 35.1 Å². The van der Waals surface area contributed by atoms with Gasteiger partial charge in [0.2, 0.25) is 11.8 Å². The number of nitrogens with two attached hydrogens (primary N) is 1. The summed E-state index contributed by atoms with van der Waals surface area (Å²) in [6.07, 6.45) is 1.74. The number of nitriles is 1. The molecule has 0 spiro atoms. The van der Waals surface area contributed by atoms with Gasteiger partial charge in [0.25, 0.3) is 0 Å². The number of primary amides is 1. The molecule has 2 aliphatic rings. The summed E-state index contributed by atoms with van der Waals surface area (Å²) < 4.78 is 16.9. The molecule has 0 aliphatic carbocycles. The predicted octanol–water partition coefficient (Wildman–Crippen LogP) is 2.61. The summed E-state index contributed by atoms with van der Waals surface area (Å²) in [4.78, 5) is 17.1. The van der Waals surface area contributed by atoms with Gasteiger partial charge in [0.05, 0.1) is 55.7 Å². The largest absolute Gasteiger partial charge is 0.496 e. The molecule has 8 heteroatoms. The number of hydrogen-bond acceptors (Lipinski definition) is 7. The van der Waals surface area contributed by atoms with Crippen LogP contribution >= 0.6 is 0 Å². The predicted molar refractivity (Wildman–Crippen MR) is 114 cm³/mol. The van der Waals surface area contributed by atoms with Gasteiger partial charge in [-0.2, -0.15) is 5.26 Å². The lowest BCUT2D eigenvalue weighted by atomic mass is 9.79. The Hall–Kier alpha value is -3.57. The van der Waals surface area contributed by atoms with Gasteiger partial charge in [0, 0.05) is 28.9 Å². The molecule has 0 unspecified atom stereocenters. The number of methoxy groups -OCH3 is 1. The zero-order valence-corrected chi connectivity index (χ0v) is 17.7. The van der Waals surface area contributed by atoms with Gasteiger partial charge in [-0.3, -0.25) is 4.79 Å². The van der Waals surface area contributed by atoms with Crippen LogP contribution in [-0.4, -0.2) is 37.8 Å². The summed E-state index contributed by atoms with van der Waals surface area (Å²) >= 11 is 0. The van der Waals surface area contributed by atoms with Gasteiger partial charge in [-0.1, -0.05) is 6.07 Å². The Kier molecular flexibility index (Phi) is 5.53. The third-order valence-electron chi connectivity index (χ3n) is 5.67. The Bertz CT molecular complexity index is 1120. The number of hydrogen-bond donors (Lipinski definition) is 2. The number of rotatable bonds is 6. The van der Waals surface area contributed by atoms with Crippen molar-refractivity contribution in [3.8, 4) is 17.7 Å². The van der Waals surface area contributed by atoms with E-state index in [0.29, 0.717) is 59.8 Å². The minimum absolute atomic E-state index is 0.311. The van der Waals surface area contributed by atoms with E-state index in [1.807, 2.05) is 13.8 Å². The number of fused-ring (bicyclic) bond motifs is 1. The van der Waals surface area contributed by atoms with Gasteiger partial charge in [0.1, 0.15) is 5.75 Å². The van der Waals surface area contributed by atoms with Gasteiger partial charge < -0.3 is 25.3 Å². The number of amides is 1. The van der Waals surface area contributed by atoms with Crippen molar-refractivity contribution >= 4 is 11.6 Å². The zero-order chi connectivity index (χ0) is 22.1. The number of aryl methyl sites for hydroxylation is 1. The molecular weight excluding hydrogens is 396 g/mol. The quantitative estimate of drug-likeness (QED) is 0.737. The highest BCUT2D eigenvalue weighted by molar-refractivity contribution is 5.98. The van der Waals surface area contributed by atoms with E-state index in [4.69, 9.17) is 19.9 Å². The number of nitrogens with one attached hydrogen (secondary N) is 1. The summed E-state index contributed by atoms with van der Waals surface area (Å²) in [6, 6.07) is 7.26. The van der Waals surface area contributed by atoms with E-state index in [9.17, 15) is 10.1 Å². The molecule has 2 aromatic rings. The average molecular weight is 420 g/mol. The van der Waals surface area contributed by atoms with Crippen LogP contribution in [0.3, 0.4) is 0 Å². The molecule has 31 heavy (non-hydrogen) atoms. The Morgan fingerprint density at radius 2 is 2.16 bits per heavy atom. The molecule has 2 aliphatic heterocycles. The Morgan fingerprint density at radius 1 is 1.39 bits per heavy atom. The van der Waals surface area contributed by atoms with Crippen LogP contribution in [0.15, 0.2) is 35.7 Å². The first-order valence-corrected chi connectivity index (χ1v) is 10.00. The van der Waals surface area contributed by atoms with Gasteiger partial charge in [-0.05, 0) is 31.5 Å². The SMILES string of the molecule is COc1cc(C#N)ccc1[C@@H]1C(C(N)=O)=C(C)Nc2c(C)cnc(OCC3COC3)c21. The van der Waals surface area contributed by atoms with Crippen molar-refractivity contribution in [2.75, 3.05) is 32.2 Å². The molecule has 1 saturated heterocycles. The molecule has 0 radical (unpaired) electrons. The highest BCUT2D eigenvalue weighted by atomic mass is 16.5. The third-order valence-corrected chi connectivity index (χ3v) is 5.67. The number of pyridine rings is 1. The van der Waals surface area contributed by atoms with Gasteiger partial charge >= 0.3 is 0 Å². The molecule has 8 nitrogen and oxygen atoms in total. The number of ether oxygens (including phenoxy) is 3. The Morgan fingerprint density at radius 3 is 2.77 bits per heavy atom. The number of carbonyl (C=O) groups is 1. The van der Waals surface area contributed by atoms with Gasteiger partial charge in [0.15, 0.2) is 0 Å². The van der Waals surface area contributed by atoms with Crippen molar-refractivity contribution in [1.82, 2.24) is 4.98 Å². The number of aromatic nitrogens is 1. The maximum Gasteiger partial charge on any atom is 0.247 e. The standard InChI is InChI=1S/C23H24N4O4/c1-12-8-26-23(31-11-15-9-30-10-15)20-19(18(22(25)28)13(2)27-21(12)20)16-5-4-14(7-24)6-17(16)29-3/h4-6,8,15,19,27H,9-11H2,1-3H3,(H2,25,28)/t19-/m1/s1. The molecule has 1 amide bonds. The molecule has 0 saturated carbocycles. The molecule has 3 heterocycles. The molecule has 1 aromatic carbocycles. The lowest BCUT2D eigenvalue weighted by Crippen LogP contribution is -2.33. The van der Waals surface area contributed by atoms with Crippen LogP contribution in [0.2, 0.25) is 0 Å². The topological polar surface area (TPSA) is 119 Å². The highest BCUT2D eigenvalue weighted by Gasteiger charge is 2.37. The summed E-state index contributed by atoms with van der Waals surface area (Å²) in [7, 11) is 1.53. The smallest absolute Gasteiger partial charge is 0.247 e. The monoisotopic (exact) mass is 420 g/mol. The van der Waals surface area contributed by atoms with Crippen LogP contribution < -0.4 is 20.5 Å². The van der Waals surface area contributed by atoms with E-state index in [-0.39, 0.29) is 0 Å². The van der Waals surface area contributed by atoms with E-state index in [0.717, 1.165) is 16.8 Å². The minimum atomic E-state index is -0.559. The molecule has 4 rings (SSSR count). The molecule has 3 N–H and O–H groups in total. The summed E-state index contributed by atoms with van der Waals surface area (Å²) in [5.41, 5.74) is 10.5. The summed E-state index contributed by atoms with van der Waals surface area (Å²) in [6.45, 7) is 5.54. The molecule has 1 fully saturated rings. The van der Waals surface area contributed by atoms with E-state index in [1.54, 1.807) is 24.4 Å². The number of allylic oxidation sites excluding steroid dienone is 1. The van der Waals surface area contributed by atoms with Crippen LogP contribution in [0.4, 0.5) is 5.69 Å². The normalized spacial score (nSPS) is 17.8. The van der Waals surface area contributed by atoms with E-state index in [2.05, 4.69) is 16.4 Å². The first-order valence-electron chi connectivity index (χ1n) is 10.00. The number of anilines is 1. The Labute approximate surface area is 180 Å². The fourth-order valence-corrected chi connectivity index (χ4v) is 4.01. The average Bonchev–Trinajstić information content (AvgIpc) is 2.72. The summed E-state index contributed by atoms with van der Waals surface area (Å²) in [5, 5.41) is 12.6. The van der Waals surface area contributed by atoms with Crippen molar-refractivity contribution in [2.45, 2.75) is 19.8 Å². The number of benzene rings is 1. The highest BCUT2D eigenvalue weighted by Crippen LogP contribution is 2.48. The van der Waals surface area contributed by atoms with Crippen molar-refractivity contribution in [2.24, 2.45) is 11.7 Å². The van der Waals surface area contributed by atoms with E-state index in [1.165, 1.54) is 7.11 Å². The first-order chi connectivity index (χ1) is 14.9. The van der Waals surface area contributed by atoms with Gasteiger partial charge in [-0.25, -0.2) is 4.98 Å². The molecule has 1 aromatic heterocycles. The summed E-state index contributed by atoms with van der Waals surface area (Å²) in [5.74, 6) is 0.125. The Balaban J connectivity index is 1.91. The van der Waals surface area contributed by atoms with Crippen molar-refractivity contribution in [3.05, 3.63) is 57.9 Å². The lowest BCUT2D eigenvalue weighted by molar-refractivity contribution is -0.114. The fourth-order valence-electron chi connectivity index (χ4n) is 4.01. The number of carbonyl (C=O) groups excluding carboxylic acids is 1. The van der Waals surface area contributed by atoms with Crippen LogP contribution in [-0.2, 0) is 9.53 Å². The molecule has 160 valence electrons. The zero-order valence-electron chi connectivity index (χ0n) is 17.7. The number of nitrogens with zero attached hydrogens (tertiary/aromatic N) is 2. The van der Waals surface area contributed by atoms with Crippen LogP contribution in [0.25, 0.3) is 0 Å². The van der Waals surface area contributed by atoms with Crippen molar-refractivity contribution in [3.63, 3.8) is 0 Å². The second-order valence-corrected chi connectivity index (χ2v) is 7.78. The lowest BCUT2D eigenvalue weighted by Gasteiger charge is -2.33. The second-order valence-electron chi connectivity index (χ2n) is 7.78. The van der Waals surface area contributed by atoms with E-state index >= 15 is 0 Å². The van der Waals surface area contributed by atoms with Gasteiger partial charge in [-0.15, -0.1) is 0 Å². The van der Waals surface area contributed by atoms with Crippen LogP contribution in [0, 0.1) is 24.2 Å². The fraction of sp³-hybridized carbons (Fsp3) is 0.348. The molecule has 1 atom stereocenters. The maximum atomic E-state index is 12.6. The van der Waals surface area contributed by atoms with Crippen molar-refractivity contribution < 1.29 is 19.0 Å². The third kappa shape index (κ3) is 3.68. The van der Waals surface area contributed by atoms with Crippen molar-refractivity contribution in [1.29, 1.82) is 5.26 Å². The van der Waals surface area contributed by atoms with E-state index < -0.39 is 11.8 Å². The second kappa shape index (κ2) is 8.28.